The van der Waals surface area contributed by atoms with Crippen LogP contribution in [0, 0.1) is 0 Å². The molecule has 0 atom stereocenters. The molecular weight excluding hydrogens is 348 g/mol. The summed E-state index contributed by atoms with van der Waals surface area (Å²) in [4.78, 5) is 2.50. The summed E-state index contributed by atoms with van der Waals surface area (Å²) in [7, 11) is 0. The Bertz CT molecular complexity index is 690. The third kappa shape index (κ3) is 6.93. The van der Waals surface area contributed by atoms with Crippen molar-refractivity contribution < 1.29 is 9.84 Å². The standard InChI is InChI=1S/C24H34N2O2/c27-16-7-10-21-11-12-24-23(18-21)20-26(19-22-8-3-1-4-9-22)15-14-25-13-5-2-6-17-28-24/h1,3-4,8-9,11-12,18,25,27H,2,5-7,10,13-17,19-20H2. The van der Waals surface area contributed by atoms with Crippen molar-refractivity contribution in [3.05, 3.63) is 65.2 Å². The third-order valence-electron chi connectivity index (χ3n) is 5.25. The van der Waals surface area contributed by atoms with Crippen LogP contribution in [0.2, 0.25) is 0 Å². The molecule has 0 fully saturated rings. The molecule has 2 aromatic rings. The number of benzene rings is 2. The van der Waals surface area contributed by atoms with Gasteiger partial charge in [-0.2, -0.15) is 0 Å². The van der Waals surface area contributed by atoms with Crippen molar-refractivity contribution in [2.45, 2.75) is 45.2 Å². The Hall–Kier alpha value is -1.88. The Kier molecular flexibility index (Phi) is 8.82. The molecule has 0 spiro atoms. The molecule has 0 radical (unpaired) electrons. The summed E-state index contributed by atoms with van der Waals surface area (Å²) < 4.78 is 6.16. The minimum atomic E-state index is 0.236. The van der Waals surface area contributed by atoms with Crippen molar-refractivity contribution in [1.29, 1.82) is 0 Å². The summed E-state index contributed by atoms with van der Waals surface area (Å²) >= 11 is 0. The maximum absolute atomic E-state index is 9.17. The van der Waals surface area contributed by atoms with Gasteiger partial charge in [-0.1, -0.05) is 42.5 Å². The molecule has 0 saturated carbocycles. The van der Waals surface area contributed by atoms with Gasteiger partial charge in [-0.15, -0.1) is 0 Å². The van der Waals surface area contributed by atoms with Crippen LogP contribution in [0.3, 0.4) is 0 Å². The van der Waals surface area contributed by atoms with Crippen molar-refractivity contribution in [3.8, 4) is 5.75 Å². The molecule has 0 amide bonds. The number of aliphatic hydroxyl groups is 1. The van der Waals surface area contributed by atoms with Gasteiger partial charge in [0, 0.05) is 38.3 Å². The predicted octanol–water partition coefficient (Wildman–Crippen LogP) is 3.77. The first-order valence-electron chi connectivity index (χ1n) is 10.7. The highest BCUT2D eigenvalue weighted by Crippen LogP contribution is 2.24. The fraction of sp³-hybridized carbons (Fsp3) is 0.500. The van der Waals surface area contributed by atoms with Crippen LogP contribution in [0.4, 0.5) is 0 Å². The zero-order valence-corrected chi connectivity index (χ0v) is 16.9. The largest absolute Gasteiger partial charge is 0.493 e. The van der Waals surface area contributed by atoms with Gasteiger partial charge in [0.2, 0.25) is 0 Å². The maximum atomic E-state index is 9.17. The topological polar surface area (TPSA) is 44.7 Å². The zero-order valence-electron chi connectivity index (χ0n) is 16.9. The molecule has 1 heterocycles. The van der Waals surface area contributed by atoms with E-state index in [1.807, 2.05) is 0 Å². The highest BCUT2D eigenvalue weighted by Gasteiger charge is 2.13. The molecule has 28 heavy (non-hydrogen) atoms. The Morgan fingerprint density at radius 1 is 0.964 bits per heavy atom. The smallest absolute Gasteiger partial charge is 0.123 e. The molecule has 4 heteroatoms. The zero-order chi connectivity index (χ0) is 19.4. The van der Waals surface area contributed by atoms with Gasteiger partial charge in [0.15, 0.2) is 0 Å². The van der Waals surface area contributed by atoms with E-state index in [9.17, 15) is 0 Å². The van der Waals surface area contributed by atoms with E-state index in [-0.39, 0.29) is 6.61 Å². The summed E-state index contributed by atoms with van der Waals surface area (Å²) in [5, 5.41) is 12.8. The lowest BCUT2D eigenvalue weighted by atomic mass is 10.0. The van der Waals surface area contributed by atoms with Crippen LogP contribution in [0.1, 0.15) is 42.4 Å². The molecule has 0 aliphatic carbocycles. The van der Waals surface area contributed by atoms with Gasteiger partial charge in [-0.3, -0.25) is 4.90 Å². The second kappa shape index (κ2) is 11.8. The first-order chi connectivity index (χ1) is 13.8. The Morgan fingerprint density at radius 3 is 2.71 bits per heavy atom. The summed E-state index contributed by atoms with van der Waals surface area (Å²) in [5.74, 6) is 1.01. The van der Waals surface area contributed by atoms with E-state index in [1.54, 1.807) is 0 Å². The number of aryl methyl sites for hydroxylation is 1. The lowest BCUT2D eigenvalue weighted by Gasteiger charge is -2.24. The van der Waals surface area contributed by atoms with Gasteiger partial charge in [0.05, 0.1) is 6.61 Å². The van der Waals surface area contributed by atoms with Crippen molar-refractivity contribution in [3.63, 3.8) is 0 Å². The SMILES string of the molecule is OCCCc1ccc2c(c1)CN(Cc1ccccc1)CCNCCCCCO2. The van der Waals surface area contributed by atoms with Gasteiger partial charge in [0.1, 0.15) is 5.75 Å². The van der Waals surface area contributed by atoms with E-state index in [0.717, 1.165) is 64.3 Å². The lowest BCUT2D eigenvalue weighted by molar-refractivity contribution is 0.249. The van der Waals surface area contributed by atoms with E-state index < -0.39 is 0 Å². The minimum absolute atomic E-state index is 0.236. The molecule has 1 aliphatic heterocycles. The van der Waals surface area contributed by atoms with E-state index >= 15 is 0 Å². The Balaban J connectivity index is 1.79. The van der Waals surface area contributed by atoms with Gasteiger partial charge in [-0.25, -0.2) is 0 Å². The normalized spacial score (nSPS) is 16.9. The number of hydrogen-bond acceptors (Lipinski definition) is 4. The fourth-order valence-corrected chi connectivity index (χ4v) is 3.71. The molecule has 3 rings (SSSR count). The molecule has 0 unspecified atom stereocenters. The van der Waals surface area contributed by atoms with E-state index in [2.05, 4.69) is 58.7 Å². The van der Waals surface area contributed by atoms with Crippen molar-refractivity contribution in [1.82, 2.24) is 10.2 Å². The first-order valence-corrected chi connectivity index (χ1v) is 10.7. The van der Waals surface area contributed by atoms with E-state index in [0.29, 0.717) is 0 Å². The monoisotopic (exact) mass is 382 g/mol. The second-order valence-corrected chi connectivity index (χ2v) is 7.62. The Morgan fingerprint density at radius 2 is 1.86 bits per heavy atom. The maximum Gasteiger partial charge on any atom is 0.123 e. The molecule has 1 aliphatic rings. The van der Waals surface area contributed by atoms with Crippen molar-refractivity contribution >= 4 is 0 Å². The number of hydrogen-bond donors (Lipinski definition) is 2. The van der Waals surface area contributed by atoms with Gasteiger partial charge >= 0.3 is 0 Å². The third-order valence-corrected chi connectivity index (χ3v) is 5.25. The van der Waals surface area contributed by atoms with Crippen LogP contribution < -0.4 is 10.1 Å². The molecule has 2 aromatic carbocycles. The van der Waals surface area contributed by atoms with Crippen molar-refractivity contribution in [2.24, 2.45) is 0 Å². The molecule has 2 N–H and O–H groups in total. The van der Waals surface area contributed by atoms with Crippen LogP contribution in [0.15, 0.2) is 48.5 Å². The van der Waals surface area contributed by atoms with Gasteiger partial charge in [0.25, 0.3) is 0 Å². The average Bonchev–Trinajstić information content (AvgIpc) is 2.74. The number of nitrogens with one attached hydrogen (secondary N) is 1. The quantitative estimate of drug-likeness (QED) is 0.826. The summed E-state index contributed by atoms with van der Waals surface area (Å²) in [6, 6.07) is 17.2. The summed E-state index contributed by atoms with van der Waals surface area (Å²) in [5.41, 5.74) is 3.87. The fourth-order valence-electron chi connectivity index (χ4n) is 3.71. The number of nitrogens with zero attached hydrogens (tertiary/aromatic N) is 1. The number of aliphatic hydroxyl groups excluding tert-OH is 1. The molecule has 0 aromatic heterocycles. The summed E-state index contributed by atoms with van der Waals surface area (Å²) in [6.07, 6.45) is 5.21. The van der Waals surface area contributed by atoms with Crippen LogP contribution in [0.5, 0.6) is 5.75 Å². The molecule has 152 valence electrons. The molecule has 4 nitrogen and oxygen atoms in total. The number of rotatable bonds is 5. The lowest BCUT2D eigenvalue weighted by Crippen LogP contribution is -2.32. The first kappa shape index (κ1) is 20.8. The molecular formula is C24H34N2O2. The van der Waals surface area contributed by atoms with E-state index in [1.165, 1.54) is 29.5 Å². The highest BCUT2D eigenvalue weighted by atomic mass is 16.5. The summed E-state index contributed by atoms with van der Waals surface area (Å²) in [6.45, 7) is 5.92. The number of fused-ring (bicyclic) bond motifs is 1. The van der Waals surface area contributed by atoms with Gasteiger partial charge in [-0.05, 0) is 55.8 Å². The predicted molar refractivity (Wildman–Crippen MR) is 115 cm³/mol. The second-order valence-electron chi connectivity index (χ2n) is 7.62. The van der Waals surface area contributed by atoms with Gasteiger partial charge < -0.3 is 15.2 Å². The minimum Gasteiger partial charge on any atom is -0.493 e. The average molecular weight is 383 g/mol. The molecule has 0 saturated heterocycles. The van der Waals surface area contributed by atoms with Crippen LogP contribution >= 0.6 is 0 Å². The van der Waals surface area contributed by atoms with E-state index in [4.69, 9.17) is 9.84 Å². The van der Waals surface area contributed by atoms with Crippen LogP contribution in [0.25, 0.3) is 0 Å². The van der Waals surface area contributed by atoms with Crippen LogP contribution in [-0.2, 0) is 19.5 Å². The number of ether oxygens (including phenoxy) is 1. The molecule has 0 bridgehead atoms. The highest BCUT2D eigenvalue weighted by molar-refractivity contribution is 5.37. The Labute approximate surface area is 169 Å². The van der Waals surface area contributed by atoms with Crippen LogP contribution in [-0.4, -0.2) is 42.9 Å². The van der Waals surface area contributed by atoms with Crippen molar-refractivity contribution in [2.75, 3.05) is 32.8 Å².